The van der Waals surface area contributed by atoms with Crippen molar-refractivity contribution in [2.45, 2.75) is 150 Å². The second kappa shape index (κ2) is 9.99. The summed E-state index contributed by atoms with van der Waals surface area (Å²) in [5.74, 6) is -0.223. The number of fused-ring (bicyclic) bond motifs is 1. The highest BCUT2D eigenvalue weighted by molar-refractivity contribution is 5.10. The van der Waals surface area contributed by atoms with E-state index in [-0.39, 0.29) is 16.7 Å². The van der Waals surface area contributed by atoms with Crippen LogP contribution in [0, 0.1) is 22.7 Å². The van der Waals surface area contributed by atoms with E-state index in [4.69, 9.17) is 19.6 Å². The molecule has 0 spiro atoms. The number of hydrogen-bond acceptors (Lipinski definition) is 4. The van der Waals surface area contributed by atoms with Crippen molar-refractivity contribution in [1.29, 1.82) is 0 Å². The molecule has 0 aliphatic heterocycles. The summed E-state index contributed by atoms with van der Waals surface area (Å²) in [5, 5.41) is 0. The Morgan fingerprint density at radius 3 is 1.90 bits per heavy atom. The molecule has 2 rings (SSSR count). The van der Waals surface area contributed by atoms with Gasteiger partial charge in [0.25, 0.3) is 0 Å². The van der Waals surface area contributed by atoms with Crippen LogP contribution in [0.2, 0.25) is 0 Å². The molecule has 2 aliphatic carbocycles. The van der Waals surface area contributed by atoms with Crippen LogP contribution in [0.15, 0.2) is 0 Å². The fourth-order valence-electron chi connectivity index (χ4n) is 5.91. The summed E-state index contributed by atoms with van der Waals surface area (Å²) >= 11 is 0. The van der Waals surface area contributed by atoms with Crippen LogP contribution < -0.4 is 0 Å². The molecule has 4 heteroatoms. The quantitative estimate of drug-likeness (QED) is 0.156. The first kappa shape index (κ1) is 27.1. The molecular formula is C27H52O4. The molecule has 0 heterocycles. The summed E-state index contributed by atoms with van der Waals surface area (Å²) in [6.07, 6.45) is 12.0. The van der Waals surface area contributed by atoms with Crippen LogP contribution in [-0.2, 0) is 19.6 Å². The molecule has 2 saturated carbocycles. The van der Waals surface area contributed by atoms with Gasteiger partial charge in [0.2, 0.25) is 5.79 Å². The lowest BCUT2D eigenvalue weighted by atomic mass is 9.46. The van der Waals surface area contributed by atoms with E-state index in [1.807, 2.05) is 41.5 Å². The molecule has 0 bridgehead atoms. The molecule has 184 valence electrons. The lowest BCUT2D eigenvalue weighted by Crippen LogP contribution is -2.67. The molecule has 2 fully saturated rings. The SMILES string of the molecule is CCCCCC(C)[C@@H]1CC[C@]2(C)CCCC[C@]2(C)C1(OOC(C)(C)C)OOC(C)(C)C. The van der Waals surface area contributed by atoms with Gasteiger partial charge in [-0.15, -0.1) is 0 Å². The number of rotatable bonds is 9. The molecule has 4 atom stereocenters. The van der Waals surface area contributed by atoms with Crippen molar-refractivity contribution >= 4 is 0 Å². The topological polar surface area (TPSA) is 36.9 Å². The third-order valence-electron chi connectivity index (χ3n) is 8.03. The molecule has 0 aromatic carbocycles. The van der Waals surface area contributed by atoms with E-state index in [1.165, 1.54) is 51.4 Å². The Kier molecular flexibility index (Phi) is 8.73. The van der Waals surface area contributed by atoms with Gasteiger partial charge >= 0.3 is 0 Å². The molecule has 4 nitrogen and oxygen atoms in total. The van der Waals surface area contributed by atoms with Crippen LogP contribution in [0.4, 0.5) is 0 Å². The van der Waals surface area contributed by atoms with E-state index in [2.05, 4.69) is 27.7 Å². The predicted molar refractivity (Wildman–Crippen MR) is 127 cm³/mol. The molecule has 0 amide bonds. The summed E-state index contributed by atoms with van der Waals surface area (Å²) in [6.45, 7) is 21.7. The lowest BCUT2D eigenvalue weighted by molar-refractivity contribution is -0.588. The average Bonchev–Trinajstić information content (AvgIpc) is 2.64. The van der Waals surface area contributed by atoms with E-state index >= 15 is 0 Å². The Balaban J connectivity index is 2.52. The molecule has 0 N–H and O–H groups in total. The summed E-state index contributed by atoms with van der Waals surface area (Å²) in [5.41, 5.74) is -0.885. The zero-order chi connectivity index (χ0) is 23.6. The third-order valence-corrected chi connectivity index (χ3v) is 8.03. The van der Waals surface area contributed by atoms with Crippen LogP contribution >= 0.6 is 0 Å². The van der Waals surface area contributed by atoms with Crippen molar-refractivity contribution in [3.63, 3.8) is 0 Å². The van der Waals surface area contributed by atoms with Gasteiger partial charge < -0.3 is 0 Å². The minimum absolute atomic E-state index is 0.146. The maximum absolute atomic E-state index is 6.56. The monoisotopic (exact) mass is 440 g/mol. The Labute approximate surface area is 193 Å². The van der Waals surface area contributed by atoms with Crippen LogP contribution in [0.5, 0.6) is 0 Å². The van der Waals surface area contributed by atoms with E-state index in [0.29, 0.717) is 5.92 Å². The van der Waals surface area contributed by atoms with Crippen LogP contribution in [0.3, 0.4) is 0 Å². The molecule has 1 unspecified atom stereocenters. The van der Waals surface area contributed by atoms with Crippen molar-refractivity contribution in [1.82, 2.24) is 0 Å². The first-order chi connectivity index (χ1) is 14.2. The van der Waals surface area contributed by atoms with E-state index in [1.54, 1.807) is 0 Å². The summed E-state index contributed by atoms with van der Waals surface area (Å²) in [6, 6.07) is 0. The van der Waals surface area contributed by atoms with Crippen LogP contribution in [-0.4, -0.2) is 17.0 Å². The first-order valence-corrected chi connectivity index (χ1v) is 12.9. The second-order valence-electron chi connectivity index (χ2n) is 12.9. The molecule has 0 aromatic heterocycles. The number of unbranched alkanes of at least 4 members (excludes halogenated alkanes) is 2. The third kappa shape index (κ3) is 6.05. The maximum atomic E-state index is 6.56. The lowest BCUT2D eigenvalue weighted by Gasteiger charge is -2.64. The average molecular weight is 441 g/mol. The van der Waals surface area contributed by atoms with Gasteiger partial charge in [-0.05, 0) is 78.6 Å². The van der Waals surface area contributed by atoms with Crippen molar-refractivity contribution in [3.8, 4) is 0 Å². The Bertz CT molecular complexity index is 543. The van der Waals surface area contributed by atoms with Gasteiger partial charge in [0.05, 0.1) is 11.2 Å². The van der Waals surface area contributed by atoms with Crippen molar-refractivity contribution in [2.75, 3.05) is 0 Å². The van der Waals surface area contributed by atoms with E-state index < -0.39 is 17.0 Å². The van der Waals surface area contributed by atoms with Crippen molar-refractivity contribution < 1.29 is 19.6 Å². The fourth-order valence-corrected chi connectivity index (χ4v) is 5.91. The summed E-state index contributed by atoms with van der Waals surface area (Å²) in [4.78, 5) is 25.3. The minimum Gasteiger partial charge on any atom is -0.228 e. The fraction of sp³-hybridized carbons (Fsp3) is 1.00. The van der Waals surface area contributed by atoms with Crippen molar-refractivity contribution in [3.05, 3.63) is 0 Å². The normalized spacial score (nSPS) is 32.5. The zero-order valence-electron chi connectivity index (χ0n) is 22.4. The summed E-state index contributed by atoms with van der Waals surface area (Å²) < 4.78 is 0. The van der Waals surface area contributed by atoms with Crippen LogP contribution in [0.25, 0.3) is 0 Å². The smallest absolute Gasteiger partial charge is 0.228 e. The van der Waals surface area contributed by atoms with Gasteiger partial charge in [-0.3, -0.25) is 0 Å². The molecule has 31 heavy (non-hydrogen) atoms. The van der Waals surface area contributed by atoms with Gasteiger partial charge in [-0.25, -0.2) is 9.78 Å². The van der Waals surface area contributed by atoms with Gasteiger partial charge in [0.15, 0.2) is 0 Å². The Morgan fingerprint density at radius 1 is 0.839 bits per heavy atom. The number of hydrogen-bond donors (Lipinski definition) is 0. The van der Waals surface area contributed by atoms with Crippen molar-refractivity contribution in [2.24, 2.45) is 22.7 Å². The largest absolute Gasteiger partial charge is 0.242 e. The standard InChI is InChI=1S/C27H52O4/c1-11-12-13-16-21(2)22-17-20-25(9)18-14-15-19-26(25,10)27(22,30-28-23(3,4)5)31-29-24(6,7)8/h21-22H,11-20H2,1-10H3/t21?,22-,25-,26-/m0/s1. The second-order valence-corrected chi connectivity index (χ2v) is 12.9. The molecule has 0 saturated heterocycles. The first-order valence-electron chi connectivity index (χ1n) is 12.9. The maximum Gasteiger partial charge on any atom is 0.242 e. The molecule has 0 aromatic rings. The van der Waals surface area contributed by atoms with E-state index in [9.17, 15) is 0 Å². The minimum atomic E-state index is -0.924. The Morgan fingerprint density at radius 2 is 1.39 bits per heavy atom. The highest BCUT2D eigenvalue weighted by atomic mass is 17.3. The molecule has 2 aliphatic rings. The van der Waals surface area contributed by atoms with Gasteiger partial charge in [0, 0.05) is 11.3 Å². The zero-order valence-corrected chi connectivity index (χ0v) is 22.4. The van der Waals surface area contributed by atoms with Crippen LogP contribution in [0.1, 0.15) is 133 Å². The van der Waals surface area contributed by atoms with E-state index in [0.717, 1.165) is 12.8 Å². The van der Waals surface area contributed by atoms with Gasteiger partial charge in [-0.2, -0.15) is 9.78 Å². The molecule has 0 radical (unpaired) electrons. The summed E-state index contributed by atoms with van der Waals surface area (Å²) in [7, 11) is 0. The Hall–Kier alpha value is -0.160. The highest BCUT2D eigenvalue weighted by Crippen LogP contribution is 2.67. The molecular weight excluding hydrogens is 388 g/mol. The highest BCUT2D eigenvalue weighted by Gasteiger charge is 2.69. The van der Waals surface area contributed by atoms with Gasteiger partial charge in [-0.1, -0.05) is 66.2 Å². The predicted octanol–water partition coefficient (Wildman–Crippen LogP) is 8.39. The van der Waals surface area contributed by atoms with Gasteiger partial charge in [0.1, 0.15) is 0 Å².